The van der Waals surface area contributed by atoms with Gasteiger partial charge in [-0.15, -0.1) is 0 Å². The first-order chi connectivity index (χ1) is 16.7. The van der Waals surface area contributed by atoms with Gasteiger partial charge in [0.15, 0.2) is 17.5 Å². The van der Waals surface area contributed by atoms with Gasteiger partial charge in [-0.1, -0.05) is 99.5 Å². The Bertz CT molecular complexity index is 1170. The molecule has 4 aromatic rings. The van der Waals surface area contributed by atoms with E-state index < -0.39 is 0 Å². The minimum Gasteiger partial charge on any atom is -0.325 e. The molecule has 0 aliphatic rings. The largest absolute Gasteiger partial charge is 0.325 e. The standard InChI is InChI=1S/C29H30N4O/c1-3-5-14-21(4-2)29(34)30-25-20-13-12-19-24(25)28-32-26(22-15-8-6-9-16-22)31-27(33-28)23-17-10-7-11-18-23/h6-13,15-21H,3-5,14H2,1-2H3,(H,30,34). The van der Waals surface area contributed by atoms with Crippen LogP contribution in [0.2, 0.25) is 0 Å². The topological polar surface area (TPSA) is 67.8 Å². The predicted octanol–water partition coefficient (Wildman–Crippen LogP) is 7.03. The molecule has 0 fully saturated rings. The highest BCUT2D eigenvalue weighted by Crippen LogP contribution is 2.30. The lowest BCUT2D eigenvalue weighted by atomic mass is 9.98. The number of carbonyl (C=O) groups is 1. The van der Waals surface area contributed by atoms with Crippen LogP contribution in [0.3, 0.4) is 0 Å². The lowest BCUT2D eigenvalue weighted by Gasteiger charge is -2.17. The van der Waals surface area contributed by atoms with Crippen LogP contribution >= 0.6 is 0 Å². The second-order valence-corrected chi connectivity index (χ2v) is 8.32. The fourth-order valence-corrected chi connectivity index (χ4v) is 3.92. The number of amides is 1. The predicted molar refractivity (Wildman–Crippen MR) is 138 cm³/mol. The van der Waals surface area contributed by atoms with E-state index in [0.29, 0.717) is 23.2 Å². The average molecular weight is 451 g/mol. The van der Waals surface area contributed by atoms with Crippen molar-refractivity contribution in [1.29, 1.82) is 0 Å². The molecule has 0 saturated carbocycles. The molecule has 1 atom stereocenters. The summed E-state index contributed by atoms with van der Waals surface area (Å²) in [7, 11) is 0. The van der Waals surface area contributed by atoms with Crippen molar-refractivity contribution in [3.63, 3.8) is 0 Å². The molecule has 0 saturated heterocycles. The Hall–Kier alpha value is -3.86. The molecule has 1 heterocycles. The summed E-state index contributed by atoms with van der Waals surface area (Å²) in [5.41, 5.74) is 3.32. The molecule has 0 spiro atoms. The number of nitrogens with zero attached hydrogens (tertiary/aromatic N) is 3. The fraction of sp³-hybridized carbons (Fsp3) is 0.241. The van der Waals surface area contributed by atoms with Gasteiger partial charge in [-0.3, -0.25) is 4.79 Å². The van der Waals surface area contributed by atoms with Crippen molar-refractivity contribution in [2.45, 2.75) is 39.5 Å². The van der Waals surface area contributed by atoms with E-state index in [2.05, 4.69) is 19.2 Å². The summed E-state index contributed by atoms with van der Waals surface area (Å²) in [5.74, 6) is 1.76. The lowest BCUT2D eigenvalue weighted by molar-refractivity contribution is -0.120. The summed E-state index contributed by atoms with van der Waals surface area (Å²) in [6.07, 6.45) is 3.83. The van der Waals surface area contributed by atoms with Crippen LogP contribution < -0.4 is 5.32 Å². The molecular formula is C29H30N4O. The van der Waals surface area contributed by atoms with Gasteiger partial charge in [-0.25, -0.2) is 15.0 Å². The Kier molecular flexibility index (Phi) is 7.76. The molecule has 5 heteroatoms. The lowest BCUT2D eigenvalue weighted by Crippen LogP contribution is -2.22. The third-order valence-corrected chi connectivity index (χ3v) is 5.89. The zero-order valence-corrected chi connectivity index (χ0v) is 19.7. The first-order valence-electron chi connectivity index (χ1n) is 12.0. The molecule has 1 N–H and O–H groups in total. The van der Waals surface area contributed by atoms with Gasteiger partial charge in [0.25, 0.3) is 0 Å². The van der Waals surface area contributed by atoms with E-state index in [1.165, 1.54) is 0 Å². The Morgan fingerprint density at radius 2 is 1.26 bits per heavy atom. The number of carbonyl (C=O) groups excluding carboxylic acids is 1. The molecule has 0 bridgehead atoms. The zero-order chi connectivity index (χ0) is 23.8. The van der Waals surface area contributed by atoms with E-state index in [-0.39, 0.29) is 11.8 Å². The summed E-state index contributed by atoms with van der Waals surface area (Å²) < 4.78 is 0. The number of unbranched alkanes of at least 4 members (excludes halogenated alkanes) is 1. The highest BCUT2D eigenvalue weighted by molar-refractivity contribution is 5.96. The second kappa shape index (κ2) is 11.3. The Morgan fingerprint density at radius 3 is 1.82 bits per heavy atom. The maximum absolute atomic E-state index is 13.0. The minimum atomic E-state index is -0.00822. The minimum absolute atomic E-state index is 0.00822. The molecule has 1 aromatic heterocycles. The SMILES string of the molecule is CCCCC(CC)C(=O)Nc1ccccc1-c1nc(-c2ccccc2)nc(-c2ccccc2)n1. The van der Waals surface area contributed by atoms with E-state index in [1.807, 2.05) is 84.9 Å². The maximum Gasteiger partial charge on any atom is 0.227 e. The Labute approximate surface area is 201 Å². The molecule has 5 nitrogen and oxygen atoms in total. The van der Waals surface area contributed by atoms with Crippen molar-refractivity contribution in [2.24, 2.45) is 5.92 Å². The van der Waals surface area contributed by atoms with E-state index in [4.69, 9.17) is 15.0 Å². The van der Waals surface area contributed by atoms with Crippen molar-refractivity contribution in [3.05, 3.63) is 84.9 Å². The van der Waals surface area contributed by atoms with Gasteiger partial charge in [-0.2, -0.15) is 0 Å². The van der Waals surface area contributed by atoms with E-state index in [9.17, 15) is 4.79 Å². The van der Waals surface area contributed by atoms with E-state index in [1.54, 1.807) is 0 Å². The number of hydrogen-bond acceptors (Lipinski definition) is 4. The summed E-state index contributed by atoms with van der Waals surface area (Å²) in [6, 6.07) is 27.5. The van der Waals surface area contributed by atoms with Crippen LogP contribution in [0.1, 0.15) is 39.5 Å². The molecule has 1 amide bonds. The van der Waals surface area contributed by atoms with Crippen LogP contribution in [-0.2, 0) is 4.79 Å². The van der Waals surface area contributed by atoms with Crippen LogP contribution in [-0.4, -0.2) is 20.9 Å². The van der Waals surface area contributed by atoms with Gasteiger partial charge in [0.05, 0.1) is 5.69 Å². The molecule has 1 unspecified atom stereocenters. The number of anilines is 1. The Balaban J connectivity index is 1.76. The summed E-state index contributed by atoms with van der Waals surface area (Å²) in [6.45, 7) is 4.21. The molecule has 34 heavy (non-hydrogen) atoms. The fourth-order valence-electron chi connectivity index (χ4n) is 3.92. The van der Waals surface area contributed by atoms with Crippen LogP contribution in [0.15, 0.2) is 84.9 Å². The summed E-state index contributed by atoms with van der Waals surface area (Å²) in [4.78, 5) is 27.4. The smallest absolute Gasteiger partial charge is 0.227 e. The van der Waals surface area contributed by atoms with Gasteiger partial charge in [-0.05, 0) is 25.0 Å². The average Bonchev–Trinajstić information content (AvgIpc) is 2.90. The highest BCUT2D eigenvalue weighted by Gasteiger charge is 2.19. The molecule has 172 valence electrons. The van der Waals surface area contributed by atoms with Crippen LogP contribution in [0.5, 0.6) is 0 Å². The first-order valence-corrected chi connectivity index (χ1v) is 12.0. The van der Waals surface area contributed by atoms with Gasteiger partial charge < -0.3 is 5.32 Å². The zero-order valence-electron chi connectivity index (χ0n) is 19.7. The molecule has 4 rings (SSSR count). The van der Waals surface area contributed by atoms with Gasteiger partial charge >= 0.3 is 0 Å². The van der Waals surface area contributed by atoms with Crippen LogP contribution in [0.25, 0.3) is 34.2 Å². The summed E-state index contributed by atoms with van der Waals surface area (Å²) >= 11 is 0. The van der Waals surface area contributed by atoms with E-state index >= 15 is 0 Å². The van der Waals surface area contributed by atoms with E-state index in [0.717, 1.165) is 42.4 Å². The number of rotatable bonds is 9. The second-order valence-electron chi connectivity index (χ2n) is 8.32. The van der Waals surface area contributed by atoms with Crippen LogP contribution in [0.4, 0.5) is 5.69 Å². The molecular weight excluding hydrogens is 420 g/mol. The first kappa shape index (κ1) is 23.3. The van der Waals surface area contributed by atoms with Gasteiger partial charge in [0, 0.05) is 22.6 Å². The monoisotopic (exact) mass is 450 g/mol. The quantitative estimate of drug-likeness (QED) is 0.297. The molecule has 0 aliphatic carbocycles. The summed E-state index contributed by atoms with van der Waals surface area (Å²) in [5, 5.41) is 3.15. The van der Waals surface area contributed by atoms with Crippen molar-refractivity contribution >= 4 is 11.6 Å². The third-order valence-electron chi connectivity index (χ3n) is 5.89. The van der Waals surface area contributed by atoms with Crippen molar-refractivity contribution in [3.8, 4) is 34.2 Å². The normalized spacial score (nSPS) is 11.7. The number of para-hydroxylation sites is 1. The molecule has 3 aromatic carbocycles. The Morgan fingerprint density at radius 1 is 0.735 bits per heavy atom. The van der Waals surface area contributed by atoms with Crippen molar-refractivity contribution in [1.82, 2.24) is 15.0 Å². The van der Waals surface area contributed by atoms with Gasteiger partial charge in [0.2, 0.25) is 5.91 Å². The third kappa shape index (κ3) is 5.54. The number of nitrogens with one attached hydrogen (secondary N) is 1. The highest BCUT2D eigenvalue weighted by atomic mass is 16.1. The maximum atomic E-state index is 13.0. The number of benzene rings is 3. The van der Waals surface area contributed by atoms with Crippen LogP contribution in [0, 0.1) is 5.92 Å². The van der Waals surface area contributed by atoms with Crippen molar-refractivity contribution in [2.75, 3.05) is 5.32 Å². The number of aromatic nitrogens is 3. The van der Waals surface area contributed by atoms with Crippen molar-refractivity contribution < 1.29 is 4.79 Å². The molecule has 0 radical (unpaired) electrons. The number of hydrogen-bond donors (Lipinski definition) is 1. The van der Waals surface area contributed by atoms with Gasteiger partial charge in [0.1, 0.15) is 0 Å². The molecule has 0 aliphatic heterocycles.